The van der Waals surface area contributed by atoms with Gasteiger partial charge in [0, 0.05) is 38.4 Å². The topological polar surface area (TPSA) is 48.5 Å². The lowest BCUT2D eigenvalue weighted by Gasteiger charge is -2.13. The van der Waals surface area contributed by atoms with Gasteiger partial charge in [-0.25, -0.2) is 4.98 Å². The molecule has 0 aliphatic carbocycles. The Balaban J connectivity index is 1.22. The van der Waals surface area contributed by atoms with E-state index in [2.05, 4.69) is 161 Å². The van der Waals surface area contributed by atoms with Crippen molar-refractivity contribution in [2.24, 2.45) is 0 Å². The highest BCUT2D eigenvalue weighted by Gasteiger charge is 2.19. The van der Waals surface area contributed by atoms with Gasteiger partial charge in [0.25, 0.3) is 0 Å². The van der Waals surface area contributed by atoms with Gasteiger partial charge < -0.3 is 4.57 Å². The van der Waals surface area contributed by atoms with Crippen molar-refractivity contribution >= 4 is 43.6 Å². The van der Waals surface area contributed by atoms with Crippen molar-refractivity contribution in [1.29, 1.82) is 0 Å². The van der Waals surface area contributed by atoms with E-state index >= 15 is 0 Å². The van der Waals surface area contributed by atoms with Crippen LogP contribution in [0.2, 0.25) is 0 Å². The molecule has 3 heterocycles. The minimum atomic E-state index is 0.576. The predicted octanol–water partition coefficient (Wildman–Crippen LogP) is 11.1. The van der Waals surface area contributed by atoms with Crippen LogP contribution in [-0.2, 0) is 0 Å². The van der Waals surface area contributed by atoms with Gasteiger partial charge in [-0.1, -0.05) is 140 Å². The summed E-state index contributed by atoms with van der Waals surface area (Å²) in [7, 11) is 0. The fourth-order valence-electron chi connectivity index (χ4n) is 7.29. The molecular formula is C45H29N5. The van der Waals surface area contributed by atoms with Crippen molar-refractivity contribution in [2.45, 2.75) is 0 Å². The molecule has 3 aromatic heterocycles. The van der Waals surface area contributed by atoms with Crippen LogP contribution in [0.1, 0.15) is 0 Å². The standard InChI is InChI=1S/C45H29N5/c1-3-14-30(15-4-1)32-26-27-38-37-22-9-12-25-41(37)50(42(38)29-32)45-47-43(31-16-5-2-6-17-31)46-44(48-45)33-18-13-19-34(28-33)49-39-23-10-7-20-35(39)36-21-8-11-24-40(36)49/h1-29H. The molecule has 0 N–H and O–H groups in total. The second-order valence-corrected chi connectivity index (χ2v) is 12.5. The van der Waals surface area contributed by atoms with E-state index in [1.807, 2.05) is 24.3 Å². The van der Waals surface area contributed by atoms with Gasteiger partial charge >= 0.3 is 0 Å². The Morgan fingerprint density at radius 2 is 0.800 bits per heavy atom. The van der Waals surface area contributed by atoms with E-state index in [0.29, 0.717) is 17.6 Å². The first-order valence-corrected chi connectivity index (χ1v) is 16.8. The Morgan fingerprint density at radius 3 is 1.44 bits per heavy atom. The van der Waals surface area contributed by atoms with Gasteiger partial charge in [-0.15, -0.1) is 0 Å². The van der Waals surface area contributed by atoms with Crippen molar-refractivity contribution in [3.63, 3.8) is 0 Å². The third kappa shape index (κ3) is 4.52. The van der Waals surface area contributed by atoms with Crippen molar-refractivity contribution in [1.82, 2.24) is 24.1 Å². The zero-order valence-corrected chi connectivity index (χ0v) is 27.0. The molecule has 0 radical (unpaired) electrons. The highest BCUT2D eigenvalue weighted by molar-refractivity contribution is 6.10. The first-order chi connectivity index (χ1) is 24.8. The average Bonchev–Trinajstić information content (AvgIpc) is 3.71. The number of para-hydroxylation sites is 3. The monoisotopic (exact) mass is 639 g/mol. The molecule has 50 heavy (non-hydrogen) atoms. The summed E-state index contributed by atoms with van der Waals surface area (Å²) in [6, 6.07) is 61.5. The van der Waals surface area contributed by atoms with Crippen LogP contribution in [0.3, 0.4) is 0 Å². The molecule has 0 fully saturated rings. The lowest BCUT2D eigenvalue weighted by atomic mass is 10.0. The van der Waals surface area contributed by atoms with Crippen LogP contribution in [0.5, 0.6) is 0 Å². The Morgan fingerprint density at radius 1 is 0.300 bits per heavy atom. The highest BCUT2D eigenvalue weighted by atomic mass is 15.2. The van der Waals surface area contributed by atoms with Crippen LogP contribution in [0, 0.1) is 0 Å². The lowest BCUT2D eigenvalue weighted by molar-refractivity contribution is 0.953. The van der Waals surface area contributed by atoms with E-state index in [4.69, 9.17) is 15.0 Å². The number of benzene rings is 7. The quantitative estimate of drug-likeness (QED) is 0.188. The van der Waals surface area contributed by atoms with Gasteiger partial charge in [-0.05, 0) is 47.5 Å². The molecule has 10 rings (SSSR count). The average molecular weight is 640 g/mol. The number of fused-ring (bicyclic) bond motifs is 6. The van der Waals surface area contributed by atoms with Crippen LogP contribution < -0.4 is 0 Å². The van der Waals surface area contributed by atoms with E-state index in [1.165, 1.54) is 10.8 Å². The fourth-order valence-corrected chi connectivity index (χ4v) is 7.29. The van der Waals surface area contributed by atoms with Crippen LogP contribution >= 0.6 is 0 Å². The van der Waals surface area contributed by atoms with Gasteiger partial charge in [-0.3, -0.25) is 4.57 Å². The SMILES string of the molecule is c1ccc(-c2ccc3c4ccccc4n(-c4nc(-c5ccccc5)nc(-c5cccc(-n6c7ccccc7c7ccccc76)c5)n4)c3c2)cc1. The minimum Gasteiger partial charge on any atom is -0.309 e. The van der Waals surface area contributed by atoms with Crippen LogP contribution in [0.15, 0.2) is 176 Å². The third-order valence-corrected chi connectivity index (χ3v) is 9.58. The smallest absolute Gasteiger partial charge is 0.238 e. The van der Waals surface area contributed by atoms with Crippen molar-refractivity contribution in [3.05, 3.63) is 176 Å². The molecule has 0 bridgehead atoms. The molecule has 0 atom stereocenters. The summed E-state index contributed by atoms with van der Waals surface area (Å²) in [5.41, 5.74) is 9.60. The van der Waals surface area contributed by atoms with E-state index in [0.717, 1.165) is 60.8 Å². The van der Waals surface area contributed by atoms with E-state index < -0.39 is 0 Å². The molecule has 0 saturated carbocycles. The predicted molar refractivity (Wildman–Crippen MR) is 205 cm³/mol. The maximum absolute atomic E-state index is 5.25. The summed E-state index contributed by atoms with van der Waals surface area (Å²) in [5.74, 6) is 1.81. The summed E-state index contributed by atoms with van der Waals surface area (Å²) in [6.45, 7) is 0. The minimum absolute atomic E-state index is 0.576. The number of rotatable bonds is 5. The van der Waals surface area contributed by atoms with E-state index in [1.54, 1.807) is 0 Å². The second kappa shape index (κ2) is 11.4. The van der Waals surface area contributed by atoms with Gasteiger partial charge in [-0.2, -0.15) is 9.97 Å². The molecule has 0 unspecified atom stereocenters. The molecular weight excluding hydrogens is 611 g/mol. The zero-order valence-electron chi connectivity index (χ0n) is 27.0. The Kier molecular flexibility index (Phi) is 6.42. The van der Waals surface area contributed by atoms with Crippen molar-refractivity contribution < 1.29 is 0 Å². The van der Waals surface area contributed by atoms with E-state index in [-0.39, 0.29) is 0 Å². The summed E-state index contributed by atoms with van der Waals surface area (Å²) in [4.78, 5) is 15.5. The van der Waals surface area contributed by atoms with Gasteiger partial charge in [0.1, 0.15) is 0 Å². The molecule has 234 valence electrons. The molecule has 0 aliphatic heterocycles. The number of aromatic nitrogens is 5. The van der Waals surface area contributed by atoms with Gasteiger partial charge in [0.15, 0.2) is 11.6 Å². The fraction of sp³-hybridized carbons (Fsp3) is 0. The number of hydrogen-bond donors (Lipinski definition) is 0. The maximum atomic E-state index is 5.25. The first kappa shape index (κ1) is 28.2. The summed E-state index contributed by atoms with van der Waals surface area (Å²) >= 11 is 0. The molecule has 0 amide bonds. The van der Waals surface area contributed by atoms with Gasteiger partial charge in [0.05, 0.1) is 22.1 Å². The highest BCUT2D eigenvalue weighted by Crippen LogP contribution is 2.36. The molecule has 7 aromatic carbocycles. The van der Waals surface area contributed by atoms with E-state index in [9.17, 15) is 0 Å². The summed E-state index contributed by atoms with van der Waals surface area (Å²) in [5, 5.41) is 4.75. The normalized spacial score (nSPS) is 11.6. The molecule has 0 spiro atoms. The Bertz CT molecular complexity index is 2810. The van der Waals surface area contributed by atoms with Crippen LogP contribution in [-0.4, -0.2) is 24.1 Å². The summed E-state index contributed by atoms with van der Waals surface area (Å²) in [6.07, 6.45) is 0. The van der Waals surface area contributed by atoms with Gasteiger partial charge in [0.2, 0.25) is 5.95 Å². The van der Waals surface area contributed by atoms with Crippen molar-refractivity contribution in [3.8, 4) is 45.5 Å². The maximum Gasteiger partial charge on any atom is 0.238 e. The van der Waals surface area contributed by atoms with Crippen molar-refractivity contribution in [2.75, 3.05) is 0 Å². The summed E-state index contributed by atoms with van der Waals surface area (Å²) < 4.78 is 4.51. The Labute approximate surface area is 288 Å². The Hall–Kier alpha value is -6.85. The largest absolute Gasteiger partial charge is 0.309 e. The molecule has 0 saturated heterocycles. The number of nitrogens with zero attached hydrogens (tertiary/aromatic N) is 5. The molecule has 5 heteroatoms. The third-order valence-electron chi connectivity index (χ3n) is 9.58. The molecule has 0 aliphatic rings. The first-order valence-electron chi connectivity index (χ1n) is 16.8. The second-order valence-electron chi connectivity index (χ2n) is 12.5. The molecule has 10 aromatic rings. The lowest BCUT2D eigenvalue weighted by Crippen LogP contribution is -2.06. The van der Waals surface area contributed by atoms with Crippen LogP contribution in [0.25, 0.3) is 89.2 Å². The number of hydrogen-bond acceptors (Lipinski definition) is 3. The van der Waals surface area contributed by atoms with Crippen LogP contribution in [0.4, 0.5) is 0 Å². The zero-order chi connectivity index (χ0) is 33.0. The molecule has 5 nitrogen and oxygen atoms in total.